The molecule has 0 spiro atoms. The molecule has 0 radical (unpaired) electrons. The van der Waals surface area contributed by atoms with Gasteiger partial charge >= 0.3 is 29.6 Å². The van der Waals surface area contributed by atoms with Crippen molar-refractivity contribution in [2.24, 2.45) is 0 Å². The summed E-state index contributed by atoms with van der Waals surface area (Å²) in [6.07, 6.45) is 4.17. The Balaban J connectivity index is 2.80. The van der Waals surface area contributed by atoms with Crippen molar-refractivity contribution in [1.29, 1.82) is 0 Å². The van der Waals surface area contributed by atoms with Crippen LogP contribution in [-0.4, -0.2) is 19.2 Å². The van der Waals surface area contributed by atoms with Crippen molar-refractivity contribution in [3.63, 3.8) is 0 Å². The van der Waals surface area contributed by atoms with E-state index >= 15 is 0 Å². The minimum atomic E-state index is 0.389. The maximum atomic E-state index is 3.67. The van der Waals surface area contributed by atoms with Crippen molar-refractivity contribution in [2.75, 3.05) is 12.5 Å². The van der Waals surface area contributed by atoms with Gasteiger partial charge in [-0.2, -0.15) is 0 Å². The Morgan fingerprint density at radius 2 is 1.50 bits per heavy atom. The van der Waals surface area contributed by atoms with Gasteiger partial charge in [-0.1, -0.05) is 0 Å². The molecule has 0 saturated carbocycles. The van der Waals surface area contributed by atoms with E-state index < -0.39 is 0 Å². The van der Waals surface area contributed by atoms with Crippen molar-refractivity contribution in [3.05, 3.63) is 0 Å². The van der Waals surface area contributed by atoms with Gasteiger partial charge < -0.3 is 0 Å². The summed E-state index contributed by atoms with van der Waals surface area (Å²) in [6.45, 7) is 3.67. The molecule has 4 heavy (non-hydrogen) atoms. The summed E-state index contributed by atoms with van der Waals surface area (Å²) in [6, 6.07) is 0. The summed E-state index contributed by atoms with van der Waals surface area (Å²) in [5.41, 5.74) is 0. The van der Waals surface area contributed by atoms with Crippen molar-refractivity contribution in [2.45, 2.75) is 0 Å². The van der Waals surface area contributed by atoms with E-state index in [4.69, 9.17) is 0 Å². The molecule has 0 amide bonds. The molecule has 0 aromatic heterocycles. The van der Waals surface area contributed by atoms with Gasteiger partial charge in [0.15, 0.2) is 0 Å². The van der Waals surface area contributed by atoms with Crippen LogP contribution >= 0.6 is 10.3 Å². The van der Waals surface area contributed by atoms with Crippen molar-refractivity contribution in [3.8, 4) is 0 Å². The predicted molar refractivity (Wildman–Crippen MR) is 26.6 cm³/mol. The van der Waals surface area contributed by atoms with Gasteiger partial charge in [-0.15, -0.1) is 0 Å². The maximum absolute atomic E-state index is 3.67. The fourth-order valence-electron chi connectivity index (χ4n) is 0. The van der Waals surface area contributed by atoms with Crippen LogP contribution in [-0.2, 0) is 0 Å². The van der Waals surface area contributed by atoms with Crippen LogP contribution in [0.4, 0.5) is 0 Å². The van der Waals surface area contributed by atoms with E-state index in [1.54, 1.807) is 0 Å². The van der Waals surface area contributed by atoms with Gasteiger partial charge in [0.1, 0.15) is 0 Å². The second-order valence-corrected chi connectivity index (χ2v) is 2.96. The van der Waals surface area contributed by atoms with E-state index in [0.29, 0.717) is 10.3 Å². The molecular weight excluding hydrogens is 66.9 g/mol. The second kappa shape index (κ2) is 1.71. The van der Waals surface area contributed by atoms with Gasteiger partial charge in [0.25, 0.3) is 0 Å². The third kappa shape index (κ3) is 28.1. The summed E-state index contributed by atoms with van der Waals surface area (Å²) in [7, 11) is 0.389. The summed E-state index contributed by atoms with van der Waals surface area (Å²) < 4.78 is 0. The number of hydrogen-bond donors (Lipinski definition) is 0. The molecular formula is C2H7BS. The second-order valence-electron chi connectivity index (χ2n) is 0.986. The first-order chi connectivity index (χ1) is 1.73. The molecule has 2 heteroatoms. The zero-order chi connectivity index (χ0) is 3.58. The third-order valence-corrected chi connectivity index (χ3v) is 0. The van der Waals surface area contributed by atoms with E-state index in [-0.39, 0.29) is 0 Å². The summed E-state index contributed by atoms with van der Waals surface area (Å²) in [4.78, 5) is 0. The first-order valence-corrected chi connectivity index (χ1v) is 3.32. The molecule has 0 unspecified atom stereocenters. The molecule has 0 aromatic carbocycles. The van der Waals surface area contributed by atoms with Gasteiger partial charge in [-0.3, -0.25) is 0 Å². The SMILES string of the molecule is B=S(C)C. The Morgan fingerprint density at radius 1 is 1.50 bits per heavy atom. The minimum absolute atomic E-state index is 0.389. The predicted octanol–water partition coefficient (Wildman–Crippen LogP) is 0.331. The van der Waals surface area contributed by atoms with Crippen LogP contribution in [0, 0.1) is 0 Å². The molecule has 0 aromatic rings. The Bertz CT molecular complexity index is 29.0. The summed E-state index contributed by atoms with van der Waals surface area (Å²) >= 11 is 0. The van der Waals surface area contributed by atoms with E-state index in [0.717, 1.165) is 0 Å². The third-order valence-electron chi connectivity index (χ3n) is 0. The number of rotatable bonds is 0. The molecule has 0 N–H and O–H groups in total. The van der Waals surface area contributed by atoms with E-state index in [1.807, 2.05) is 0 Å². The standard InChI is InChI=1S/C2H7BS/c1-4(2)3/h3H,1-2H3. The quantitative estimate of drug-likeness (QED) is 0.363. The number of hydrogen-bond acceptors (Lipinski definition) is 0. The van der Waals surface area contributed by atoms with Crippen LogP contribution in [0.25, 0.3) is 0 Å². The Labute approximate surface area is 30.4 Å². The van der Waals surface area contributed by atoms with E-state index in [2.05, 4.69) is 19.2 Å². The Morgan fingerprint density at radius 3 is 1.50 bits per heavy atom. The Hall–Kier alpha value is 0.415. The monoisotopic (exact) mass is 74.0 g/mol. The van der Waals surface area contributed by atoms with Crippen molar-refractivity contribution < 1.29 is 0 Å². The van der Waals surface area contributed by atoms with Gasteiger partial charge in [-0.25, -0.2) is 0 Å². The molecule has 0 nitrogen and oxygen atoms in total. The molecule has 0 bridgehead atoms. The zero-order valence-corrected chi connectivity index (χ0v) is 3.93. The topological polar surface area (TPSA) is 0 Å². The molecule has 0 atom stereocenters. The van der Waals surface area contributed by atoms with Crippen LogP contribution in [0.5, 0.6) is 0 Å². The Kier molecular flexibility index (Phi) is 1.88. The van der Waals surface area contributed by atoms with Crippen molar-refractivity contribution in [1.82, 2.24) is 0 Å². The molecule has 0 aliphatic heterocycles. The average molecular weight is 74.0 g/mol. The molecule has 0 heterocycles. The van der Waals surface area contributed by atoms with Crippen LogP contribution in [0.15, 0.2) is 0 Å². The molecule has 0 aliphatic carbocycles. The first kappa shape index (κ1) is 4.41. The van der Waals surface area contributed by atoms with Crippen LogP contribution in [0.2, 0.25) is 0 Å². The van der Waals surface area contributed by atoms with E-state index in [9.17, 15) is 0 Å². The van der Waals surface area contributed by atoms with Gasteiger partial charge in [0.05, 0.1) is 0 Å². The van der Waals surface area contributed by atoms with Crippen molar-refractivity contribution >= 4 is 17.0 Å². The van der Waals surface area contributed by atoms with Crippen LogP contribution < -0.4 is 0 Å². The summed E-state index contributed by atoms with van der Waals surface area (Å²) in [5.74, 6) is 0. The van der Waals surface area contributed by atoms with Gasteiger partial charge in [0, 0.05) is 0 Å². The molecule has 0 fully saturated rings. The normalized spacial score (nSPS) is 8.50. The zero-order valence-electron chi connectivity index (χ0n) is 3.12. The molecule has 0 aliphatic rings. The average Bonchev–Trinajstić information content (AvgIpc) is 0.811. The summed E-state index contributed by atoms with van der Waals surface area (Å²) in [5, 5.41) is 0. The van der Waals surface area contributed by atoms with E-state index in [1.165, 1.54) is 0 Å². The van der Waals surface area contributed by atoms with Crippen LogP contribution in [0.1, 0.15) is 0 Å². The molecule has 0 rings (SSSR count). The first-order valence-electron chi connectivity index (χ1n) is 1.11. The fourth-order valence-corrected chi connectivity index (χ4v) is 0. The fraction of sp³-hybridized carbons (Fsp3) is 1.00. The molecule has 0 saturated heterocycles. The van der Waals surface area contributed by atoms with Crippen LogP contribution in [0.3, 0.4) is 0 Å². The van der Waals surface area contributed by atoms with Gasteiger partial charge in [0.2, 0.25) is 0 Å². The van der Waals surface area contributed by atoms with Gasteiger partial charge in [-0.05, 0) is 0 Å². The molecule has 24 valence electrons.